The van der Waals surface area contributed by atoms with Gasteiger partial charge in [0.25, 0.3) is 11.8 Å². The molecule has 4 heterocycles. The molecule has 4 aromatic rings. The molecule has 0 unspecified atom stereocenters. The maximum absolute atomic E-state index is 14.5. The number of hydrogen-bond donors (Lipinski definition) is 6. The van der Waals surface area contributed by atoms with Crippen LogP contribution >= 0.6 is 36.4 Å². The number of ether oxygens (including phenoxy) is 6. The van der Waals surface area contributed by atoms with Crippen LogP contribution in [0.1, 0.15) is 147 Å². The normalized spacial score (nSPS) is 23.2. The summed E-state index contributed by atoms with van der Waals surface area (Å²) < 4.78 is 88.9. The molecule has 2 saturated heterocycles. The first-order valence-corrected chi connectivity index (χ1v) is 38.7. The quantitative estimate of drug-likeness (QED) is 0.0297. The van der Waals surface area contributed by atoms with E-state index >= 15 is 0 Å². The number of benzene rings is 2. The number of hydrogen-bond acceptors (Lipinski definition) is 21. The van der Waals surface area contributed by atoms with Gasteiger partial charge in [0.05, 0.1) is 57.1 Å². The van der Waals surface area contributed by atoms with Crippen molar-refractivity contribution < 1.29 is 83.6 Å². The zero-order valence-electron chi connectivity index (χ0n) is 63.2. The van der Waals surface area contributed by atoms with Crippen LogP contribution in [0.15, 0.2) is 86.2 Å². The van der Waals surface area contributed by atoms with Gasteiger partial charge in [0.1, 0.15) is 52.9 Å². The number of pyridine rings is 2. The van der Waals surface area contributed by atoms with Crippen LogP contribution in [-0.2, 0) is 58.3 Å². The lowest BCUT2D eigenvalue weighted by Crippen LogP contribution is -2.60. The summed E-state index contributed by atoms with van der Waals surface area (Å²) in [6.07, 6.45) is 8.02. The first-order chi connectivity index (χ1) is 48.9. The van der Waals surface area contributed by atoms with Crippen LogP contribution in [0.25, 0.3) is 21.5 Å². The molecule has 0 radical (unpaired) electrons. The monoisotopic (exact) mass is 1590 g/mol. The van der Waals surface area contributed by atoms with Gasteiger partial charge < -0.3 is 59.9 Å². The number of amides is 7. The number of nitrogens with two attached hydrogens (primary N) is 1. The molecule has 4 saturated carbocycles. The Kier molecular flexibility index (Phi) is 28.7. The van der Waals surface area contributed by atoms with Gasteiger partial charge in [-0.3, -0.25) is 38.2 Å². The van der Waals surface area contributed by atoms with Gasteiger partial charge in [-0.2, -0.15) is 0 Å². The van der Waals surface area contributed by atoms with Crippen molar-refractivity contribution >= 4 is 125 Å². The van der Waals surface area contributed by atoms with Gasteiger partial charge in [-0.15, -0.1) is 38.0 Å². The van der Waals surface area contributed by atoms with Crippen LogP contribution in [0.5, 0.6) is 23.3 Å². The van der Waals surface area contributed by atoms with E-state index in [1.807, 2.05) is 98.7 Å². The third-order valence-electron chi connectivity index (χ3n) is 19.5. The minimum atomic E-state index is -3.93. The van der Waals surface area contributed by atoms with Gasteiger partial charge in [-0.05, 0) is 119 Å². The number of fused-ring (bicyclic) bond motifs is 2. The van der Waals surface area contributed by atoms with Gasteiger partial charge in [-0.1, -0.05) is 108 Å². The molecule has 10 atom stereocenters. The molecule has 0 bridgehead atoms. The minimum absolute atomic E-state index is 0. The molecular formula is C74H105Cl3N10O18S2. The van der Waals surface area contributed by atoms with E-state index in [9.17, 15) is 55.2 Å². The second-order valence-corrected chi connectivity index (χ2v) is 36.7. The lowest BCUT2D eigenvalue weighted by atomic mass is 9.85. The molecule has 10 rings (SSSR count). The number of rotatable bonds is 23. The van der Waals surface area contributed by atoms with Crippen molar-refractivity contribution in [2.24, 2.45) is 39.2 Å². The summed E-state index contributed by atoms with van der Waals surface area (Å²) in [5, 5.41) is 10.1. The molecule has 107 heavy (non-hydrogen) atoms. The summed E-state index contributed by atoms with van der Waals surface area (Å²) in [5.74, 6) is -2.91. The van der Waals surface area contributed by atoms with E-state index in [0.717, 1.165) is 29.0 Å². The average molecular weight is 1590 g/mol. The van der Waals surface area contributed by atoms with E-state index in [2.05, 4.69) is 53.3 Å². The Labute approximate surface area is 644 Å². The highest BCUT2D eigenvalue weighted by Crippen LogP contribution is 2.47. The van der Waals surface area contributed by atoms with Crippen molar-refractivity contribution in [2.75, 3.05) is 40.5 Å². The van der Waals surface area contributed by atoms with Crippen molar-refractivity contribution in [1.82, 2.24) is 45.2 Å². The van der Waals surface area contributed by atoms with Crippen LogP contribution < -0.4 is 50.1 Å². The summed E-state index contributed by atoms with van der Waals surface area (Å²) in [6, 6.07) is 10.4. The second kappa shape index (κ2) is 34.9. The van der Waals surface area contributed by atoms with E-state index in [0.29, 0.717) is 60.9 Å². The first kappa shape index (κ1) is 88.1. The van der Waals surface area contributed by atoms with Gasteiger partial charge in [-0.25, -0.2) is 36.4 Å². The zero-order valence-corrected chi connectivity index (χ0v) is 67.3. The number of alkyl carbamates (subject to hydrolysis) is 1. The van der Waals surface area contributed by atoms with Crippen molar-refractivity contribution in [1.29, 1.82) is 0 Å². The molecule has 7 N–H and O–H groups in total. The fourth-order valence-corrected chi connectivity index (χ4v) is 15.7. The summed E-state index contributed by atoms with van der Waals surface area (Å²) in [6.45, 7) is 30.5. The van der Waals surface area contributed by atoms with Crippen molar-refractivity contribution in [2.45, 2.75) is 205 Å². The molecular weight excluding hydrogens is 1490 g/mol. The molecule has 2 aromatic carbocycles. The van der Waals surface area contributed by atoms with Crippen LogP contribution in [0.4, 0.5) is 9.59 Å². The molecule has 4 aliphatic carbocycles. The van der Waals surface area contributed by atoms with Gasteiger partial charge in [0, 0.05) is 59.4 Å². The minimum Gasteiger partial charge on any atom is -0.497 e. The summed E-state index contributed by atoms with van der Waals surface area (Å²) >= 11 is 4.92. The molecule has 2 aliphatic heterocycles. The number of carbonyl (C=O) groups is 8. The molecule has 0 spiro atoms. The smallest absolute Gasteiger partial charge is 0.407 e. The number of carbonyl (C=O) groups excluding carboxylic acids is 8. The highest BCUT2D eigenvalue weighted by molar-refractivity contribution is 7.91. The maximum Gasteiger partial charge on any atom is 0.407 e. The summed E-state index contributed by atoms with van der Waals surface area (Å²) in [4.78, 5) is 118. The SMILES string of the molecule is C=C[C@@H]1C[C@]1(NC(=O)[C@@H]1C[C@@H](Oc2nccc3cc(OC)ccc23)CN1C(=O)[C@@H](N)C(C)(C)C)C(=O)NS(=O)(=O)C1CCC1.C=C[C@@H]1C[C@]1(NC(=O)[C@@H]1C[C@@H](Oc2nccc3cc(OC)ccc23)CN1C(=O)[C@@H](NC(=O)OCC(C)(C)C)C(C)(C)C)C(=O)NS(=O)(=O)C1CCC1.CC(C)(C)COC(=O)Cl.Cl.Cl. The Morgan fingerprint density at radius 2 is 1.00 bits per heavy atom. The lowest BCUT2D eigenvalue weighted by Gasteiger charge is -2.35. The Morgan fingerprint density at radius 1 is 0.607 bits per heavy atom. The third kappa shape index (κ3) is 21.8. The predicted octanol–water partition coefficient (Wildman–Crippen LogP) is 9.11. The van der Waals surface area contributed by atoms with E-state index < -0.39 is 148 Å². The standard InChI is InChI=1S/C37H51N5O9S.C31H41N5O7S.C6H11ClO2.2ClH/c1-9-23-19-37(23,33(45)41-52(47,48)26-11-10-12-26)40-30(43)28-18-25(51-31-27-14-13-24(49-8)17-22(27)15-16-38-31)20-42(28)32(44)29(36(5,6)7)39-34(46)50-21-35(2,3)4;1-6-19-16-31(19,29(39)35-44(40,41)22-8-7-9-22)34-26(37)24-15-21(17-36(24)28(38)25(32)30(2,3)4)43-27-23-11-10-20(42-5)14-18(23)12-13-33-27;1-6(2,3)4-9-5(7)8;;/h9,13-17,23,25-26,28-29H,1,10-12,18-21H2,2-8H3,(H,39,46)(H,40,43)(H,41,45);6,10-14,19,21-22,24-25H,1,7-9,15-17,32H2,2-5H3,(H,34,37)(H,35,39);4H2,1-3H3;2*1H/t23-,25-,28+,29-,37-;19-,21-,24+,25-,31-;;;/m11.../s1. The summed E-state index contributed by atoms with van der Waals surface area (Å²) in [7, 11) is -4.65. The highest BCUT2D eigenvalue weighted by atomic mass is 35.5. The second-order valence-electron chi connectivity index (χ2n) is 32.5. The fourth-order valence-electron chi connectivity index (χ4n) is 12.5. The third-order valence-corrected chi connectivity index (χ3v) is 23.3. The molecule has 28 nitrogen and oxygen atoms in total. The number of aromatic nitrogens is 2. The molecule has 6 aliphatic rings. The van der Waals surface area contributed by atoms with Gasteiger partial charge >= 0.3 is 11.5 Å². The fraction of sp³-hybridized carbons (Fsp3) is 0.595. The number of methoxy groups -OCH3 is 2. The topological polar surface area (TPSA) is 379 Å². The van der Waals surface area contributed by atoms with Crippen LogP contribution in [-0.4, -0.2) is 182 Å². The maximum atomic E-state index is 14.5. The van der Waals surface area contributed by atoms with E-state index in [1.165, 1.54) is 22.0 Å². The number of halogens is 3. The van der Waals surface area contributed by atoms with E-state index in [-0.39, 0.29) is 81.0 Å². The van der Waals surface area contributed by atoms with E-state index in [4.69, 9.17) is 41.0 Å². The van der Waals surface area contributed by atoms with Crippen LogP contribution in [0, 0.1) is 33.5 Å². The average Bonchev–Trinajstić information content (AvgIpc) is 1.58. The molecule has 592 valence electrons. The number of nitrogens with one attached hydrogen (secondary N) is 5. The Balaban J connectivity index is 0.000000298. The first-order valence-electron chi connectivity index (χ1n) is 35.2. The molecule has 6 fully saturated rings. The number of sulfonamides is 2. The van der Waals surface area contributed by atoms with Crippen LogP contribution in [0.2, 0.25) is 0 Å². The molecule has 2 aromatic heterocycles. The van der Waals surface area contributed by atoms with Crippen molar-refractivity contribution in [3.8, 4) is 23.3 Å². The number of likely N-dealkylation sites (tertiary alicyclic amines) is 2. The lowest BCUT2D eigenvalue weighted by molar-refractivity contribution is -0.143. The Hall–Kier alpha value is -7.77. The van der Waals surface area contributed by atoms with Crippen molar-refractivity contribution in [3.05, 3.63) is 86.2 Å². The van der Waals surface area contributed by atoms with E-state index in [1.54, 1.807) is 59.5 Å². The predicted molar refractivity (Wildman–Crippen MR) is 409 cm³/mol. The molecule has 33 heteroatoms. The number of nitrogens with zero attached hydrogens (tertiary/aromatic N) is 4. The van der Waals surface area contributed by atoms with Crippen molar-refractivity contribution in [3.63, 3.8) is 0 Å². The van der Waals surface area contributed by atoms with Gasteiger partial charge in [0.15, 0.2) is 0 Å². The zero-order chi connectivity index (χ0) is 77.7. The van der Waals surface area contributed by atoms with Crippen LogP contribution in [0.3, 0.4) is 0 Å². The van der Waals surface area contributed by atoms with Gasteiger partial charge in [0.2, 0.25) is 55.4 Å². The molecule has 7 amide bonds. The summed E-state index contributed by atoms with van der Waals surface area (Å²) in [5.41, 5.74) is 0.876. The Morgan fingerprint density at radius 3 is 1.32 bits per heavy atom. The highest BCUT2D eigenvalue weighted by Gasteiger charge is 2.63. The Bertz CT molecular complexity index is 4200. The largest absolute Gasteiger partial charge is 0.497 e.